The third kappa shape index (κ3) is 6.57. The van der Waals surface area contributed by atoms with Crippen LogP contribution in [0.4, 0.5) is 5.69 Å². The third-order valence-corrected chi connectivity index (χ3v) is 3.51. The molecule has 2 amide bonds. The van der Waals surface area contributed by atoms with E-state index in [0.29, 0.717) is 17.2 Å². The minimum atomic E-state index is -0.177. The number of quaternary nitrogens is 1. The molecule has 0 radical (unpaired) electrons. The standard InChI is InChI=1S/C20H25N3O3/c1-15(2)21-19(24)13-23(3)14-20(25)22-17-11-7-8-12-18(17)26-16-9-5-4-6-10-16/h4-12,15H,13-14H2,1-3H3,(H,21,24)(H,22,25)/p+1. The molecule has 0 saturated carbocycles. The van der Waals surface area contributed by atoms with Crippen molar-refractivity contribution in [2.24, 2.45) is 0 Å². The van der Waals surface area contributed by atoms with E-state index in [4.69, 9.17) is 4.74 Å². The molecule has 0 aliphatic rings. The number of amides is 2. The van der Waals surface area contributed by atoms with Crippen molar-refractivity contribution in [3.8, 4) is 11.5 Å². The maximum absolute atomic E-state index is 12.3. The lowest BCUT2D eigenvalue weighted by atomic mass is 10.2. The van der Waals surface area contributed by atoms with Gasteiger partial charge in [-0.3, -0.25) is 9.59 Å². The van der Waals surface area contributed by atoms with E-state index in [9.17, 15) is 9.59 Å². The number of carbonyl (C=O) groups is 2. The highest BCUT2D eigenvalue weighted by molar-refractivity contribution is 5.93. The number of benzene rings is 2. The van der Waals surface area contributed by atoms with Crippen LogP contribution in [0.5, 0.6) is 11.5 Å². The maximum Gasteiger partial charge on any atom is 0.279 e. The molecule has 2 rings (SSSR count). The van der Waals surface area contributed by atoms with Crippen LogP contribution in [-0.4, -0.2) is 38.0 Å². The normalized spacial score (nSPS) is 11.7. The lowest BCUT2D eigenvalue weighted by Crippen LogP contribution is -3.11. The van der Waals surface area contributed by atoms with E-state index in [1.54, 1.807) is 12.1 Å². The molecule has 2 aromatic carbocycles. The van der Waals surface area contributed by atoms with Gasteiger partial charge in [0, 0.05) is 6.04 Å². The number of carbonyl (C=O) groups excluding carboxylic acids is 2. The summed E-state index contributed by atoms with van der Waals surface area (Å²) in [4.78, 5) is 24.9. The predicted octanol–water partition coefficient (Wildman–Crippen LogP) is 1.46. The third-order valence-electron chi connectivity index (χ3n) is 3.51. The van der Waals surface area contributed by atoms with Gasteiger partial charge >= 0.3 is 0 Å². The van der Waals surface area contributed by atoms with Gasteiger partial charge in [-0.05, 0) is 38.1 Å². The van der Waals surface area contributed by atoms with Gasteiger partial charge in [0.15, 0.2) is 18.8 Å². The SMILES string of the molecule is CC(C)NC(=O)C[NH+](C)CC(=O)Nc1ccccc1Oc1ccccc1. The Morgan fingerprint density at radius 1 is 0.962 bits per heavy atom. The number of para-hydroxylation sites is 3. The van der Waals surface area contributed by atoms with Crippen LogP contribution >= 0.6 is 0 Å². The number of nitrogens with one attached hydrogen (secondary N) is 3. The van der Waals surface area contributed by atoms with Crippen molar-refractivity contribution in [2.45, 2.75) is 19.9 Å². The number of rotatable bonds is 8. The summed E-state index contributed by atoms with van der Waals surface area (Å²) in [5, 5.41) is 5.68. The summed E-state index contributed by atoms with van der Waals surface area (Å²) in [5.41, 5.74) is 0.598. The van der Waals surface area contributed by atoms with E-state index in [1.807, 2.05) is 63.4 Å². The molecule has 0 heterocycles. The van der Waals surface area contributed by atoms with E-state index in [1.165, 1.54) is 0 Å². The molecule has 1 atom stereocenters. The average molecular weight is 356 g/mol. The highest BCUT2D eigenvalue weighted by Gasteiger charge is 2.16. The second-order valence-corrected chi connectivity index (χ2v) is 6.49. The lowest BCUT2D eigenvalue weighted by Gasteiger charge is -2.16. The first kappa shape index (κ1) is 19.5. The van der Waals surface area contributed by atoms with Crippen molar-refractivity contribution in [1.29, 1.82) is 0 Å². The molecule has 0 spiro atoms. The summed E-state index contributed by atoms with van der Waals surface area (Å²) in [6.07, 6.45) is 0. The molecule has 6 heteroatoms. The molecule has 0 aliphatic heterocycles. The Hall–Kier alpha value is -2.86. The van der Waals surface area contributed by atoms with Gasteiger partial charge in [0.25, 0.3) is 11.8 Å². The second-order valence-electron chi connectivity index (χ2n) is 6.49. The second kappa shape index (κ2) is 9.58. The maximum atomic E-state index is 12.3. The Morgan fingerprint density at radius 3 is 2.27 bits per heavy atom. The number of hydrogen-bond acceptors (Lipinski definition) is 3. The van der Waals surface area contributed by atoms with Crippen molar-refractivity contribution in [2.75, 3.05) is 25.5 Å². The van der Waals surface area contributed by atoms with Crippen molar-refractivity contribution < 1.29 is 19.2 Å². The molecule has 0 aromatic heterocycles. The van der Waals surface area contributed by atoms with Crippen molar-refractivity contribution in [3.05, 3.63) is 54.6 Å². The van der Waals surface area contributed by atoms with Gasteiger partial charge in [-0.1, -0.05) is 30.3 Å². The van der Waals surface area contributed by atoms with Gasteiger partial charge < -0.3 is 20.3 Å². The van der Waals surface area contributed by atoms with E-state index >= 15 is 0 Å². The molecule has 6 nitrogen and oxygen atoms in total. The molecule has 0 bridgehead atoms. The fraction of sp³-hybridized carbons (Fsp3) is 0.300. The minimum absolute atomic E-state index is 0.0712. The van der Waals surface area contributed by atoms with Crippen LogP contribution < -0.4 is 20.3 Å². The highest BCUT2D eigenvalue weighted by atomic mass is 16.5. The highest BCUT2D eigenvalue weighted by Crippen LogP contribution is 2.28. The van der Waals surface area contributed by atoms with Gasteiger partial charge in [-0.25, -0.2) is 0 Å². The van der Waals surface area contributed by atoms with Crippen molar-refractivity contribution in [1.82, 2.24) is 5.32 Å². The van der Waals surface area contributed by atoms with Gasteiger partial charge in [-0.15, -0.1) is 0 Å². The lowest BCUT2D eigenvalue weighted by molar-refractivity contribution is -0.862. The Kier molecular flexibility index (Phi) is 7.17. The molecular weight excluding hydrogens is 330 g/mol. The van der Waals surface area contributed by atoms with Crippen LogP contribution in [0.15, 0.2) is 54.6 Å². The quantitative estimate of drug-likeness (QED) is 0.671. The summed E-state index contributed by atoms with van der Waals surface area (Å²) in [6, 6.07) is 16.7. The molecule has 1 unspecified atom stereocenters. The number of hydrogen-bond donors (Lipinski definition) is 3. The van der Waals surface area contributed by atoms with Crippen LogP contribution in [0.3, 0.4) is 0 Å². The monoisotopic (exact) mass is 356 g/mol. The summed E-state index contributed by atoms with van der Waals surface area (Å²) in [5.74, 6) is 1.02. The molecule has 2 aromatic rings. The van der Waals surface area contributed by atoms with Crippen LogP contribution in [0.2, 0.25) is 0 Å². The summed E-state index contributed by atoms with van der Waals surface area (Å²) in [6.45, 7) is 4.24. The largest absolute Gasteiger partial charge is 0.455 e. The Morgan fingerprint density at radius 2 is 1.58 bits per heavy atom. The zero-order valence-electron chi connectivity index (χ0n) is 15.4. The molecule has 138 valence electrons. The molecule has 3 N–H and O–H groups in total. The number of ether oxygens (including phenoxy) is 1. The first-order valence-corrected chi connectivity index (χ1v) is 8.66. The van der Waals surface area contributed by atoms with Gasteiger partial charge in [-0.2, -0.15) is 0 Å². The smallest absolute Gasteiger partial charge is 0.279 e. The van der Waals surface area contributed by atoms with E-state index in [2.05, 4.69) is 10.6 Å². The zero-order valence-corrected chi connectivity index (χ0v) is 15.4. The molecular formula is C20H26N3O3+. The Labute approximate surface area is 154 Å². The van der Waals surface area contributed by atoms with Gasteiger partial charge in [0.1, 0.15) is 5.75 Å². The van der Waals surface area contributed by atoms with Crippen molar-refractivity contribution in [3.63, 3.8) is 0 Å². The first-order chi connectivity index (χ1) is 12.4. The van der Waals surface area contributed by atoms with E-state index in [-0.39, 0.29) is 30.9 Å². The van der Waals surface area contributed by atoms with E-state index in [0.717, 1.165) is 4.90 Å². The number of likely N-dealkylation sites (N-methyl/N-ethyl adjacent to an activating group) is 1. The fourth-order valence-corrected chi connectivity index (χ4v) is 2.45. The fourth-order valence-electron chi connectivity index (χ4n) is 2.45. The van der Waals surface area contributed by atoms with Crippen LogP contribution in [-0.2, 0) is 9.59 Å². The molecule has 0 fully saturated rings. The Bertz CT molecular complexity index is 732. The van der Waals surface area contributed by atoms with Crippen LogP contribution in [0, 0.1) is 0 Å². The summed E-state index contributed by atoms with van der Waals surface area (Å²) < 4.78 is 5.84. The summed E-state index contributed by atoms with van der Waals surface area (Å²) in [7, 11) is 1.81. The topological polar surface area (TPSA) is 71.9 Å². The average Bonchev–Trinajstić information content (AvgIpc) is 2.56. The first-order valence-electron chi connectivity index (χ1n) is 8.66. The van der Waals surface area contributed by atoms with Crippen LogP contribution in [0.1, 0.15) is 13.8 Å². The van der Waals surface area contributed by atoms with Crippen LogP contribution in [0.25, 0.3) is 0 Å². The van der Waals surface area contributed by atoms with E-state index < -0.39 is 0 Å². The summed E-state index contributed by atoms with van der Waals surface area (Å²) >= 11 is 0. The van der Waals surface area contributed by atoms with Gasteiger partial charge in [0.2, 0.25) is 0 Å². The predicted molar refractivity (Wildman–Crippen MR) is 101 cm³/mol. The minimum Gasteiger partial charge on any atom is -0.455 e. The molecule has 26 heavy (non-hydrogen) atoms. The van der Waals surface area contributed by atoms with Crippen molar-refractivity contribution >= 4 is 17.5 Å². The number of anilines is 1. The zero-order chi connectivity index (χ0) is 18.9. The van der Waals surface area contributed by atoms with Gasteiger partial charge in [0.05, 0.1) is 12.7 Å². The Balaban J connectivity index is 1.93. The molecule has 0 aliphatic carbocycles. The molecule has 0 saturated heterocycles.